The summed E-state index contributed by atoms with van der Waals surface area (Å²) in [5.74, 6) is 0.900. The fourth-order valence-electron chi connectivity index (χ4n) is 1.92. The minimum absolute atomic E-state index is 0.403. The first-order valence-electron chi connectivity index (χ1n) is 6.75. The first-order valence-corrected chi connectivity index (χ1v) is 6.75. The Morgan fingerprint density at radius 3 is 2.58 bits per heavy atom. The van der Waals surface area contributed by atoms with Gasteiger partial charge < -0.3 is 11.1 Å². The highest BCUT2D eigenvalue weighted by molar-refractivity contribution is 5.65. The summed E-state index contributed by atoms with van der Waals surface area (Å²) in [4.78, 5) is 4.52. The van der Waals surface area contributed by atoms with Crippen LogP contribution in [0.1, 0.15) is 25.8 Å². The molecule has 1 heterocycles. The van der Waals surface area contributed by atoms with E-state index < -0.39 is 0 Å². The number of aromatic nitrogens is 1. The molecule has 19 heavy (non-hydrogen) atoms. The number of anilines is 1. The molecule has 3 nitrogen and oxygen atoms in total. The van der Waals surface area contributed by atoms with E-state index in [4.69, 9.17) is 5.73 Å². The topological polar surface area (TPSA) is 50.9 Å². The summed E-state index contributed by atoms with van der Waals surface area (Å²) in [6, 6.07) is 12.8. The van der Waals surface area contributed by atoms with Crippen LogP contribution >= 0.6 is 0 Å². The van der Waals surface area contributed by atoms with Crippen molar-refractivity contribution in [3.63, 3.8) is 0 Å². The maximum absolute atomic E-state index is 5.83. The molecular formula is C16H21N3. The Labute approximate surface area is 114 Å². The predicted octanol–water partition coefficient (Wildman–Crippen LogP) is 3.42. The van der Waals surface area contributed by atoms with Crippen LogP contribution in [0, 0.1) is 0 Å². The van der Waals surface area contributed by atoms with E-state index in [1.165, 1.54) is 5.56 Å². The Morgan fingerprint density at radius 1 is 1.21 bits per heavy atom. The fraction of sp³-hybridized carbons (Fsp3) is 0.312. The molecule has 100 valence electrons. The molecule has 2 aromatic rings. The number of hydrogen-bond acceptors (Lipinski definition) is 3. The predicted molar refractivity (Wildman–Crippen MR) is 80.9 cm³/mol. The Bertz CT molecular complexity index is 523. The van der Waals surface area contributed by atoms with E-state index in [1.807, 2.05) is 24.4 Å². The summed E-state index contributed by atoms with van der Waals surface area (Å²) in [7, 11) is 0. The van der Waals surface area contributed by atoms with Crippen molar-refractivity contribution < 1.29 is 0 Å². The Balaban J connectivity index is 2.31. The van der Waals surface area contributed by atoms with Gasteiger partial charge in [-0.1, -0.05) is 37.3 Å². The molecule has 0 saturated heterocycles. The molecule has 0 bridgehead atoms. The van der Waals surface area contributed by atoms with E-state index in [-0.39, 0.29) is 0 Å². The molecule has 1 aromatic carbocycles. The van der Waals surface area contributed by atoms with Crippen LogP contribution in [0.2, 0.25) is 0 Å². The highest BCUT2D eigenvalue weighted by atomic mass is 15.0. The van der Waals surface area contributed by atoms with Gasteiger partial charge in [-0.2, -0.15) is 0 Å². The number of nitrogens with zero attached hydrogens (tertiary/aromatic N) is 1. The van der Waals surface area contributed by atoms with E-state index in [2.05, 4.69) is 42.3 Å². The van der Waals surface area contributed by atoms with E-state index >= 15 is 0 Å². The number of benzene rings is 1. The summed E-state index contributed by atoms with van der Waals surface area (Å²) in [6.45, 7) is 4.79. The minimum atomic E-state index is 0.403. The zero-order chi connectivity index (χ0) is 13.7. The van der Waals surface area contributed by atoms with Gasteiger partial charge in [-0.25, -0.2) is 4.98 Å². The van der Waals surface area contributed by atoms with Crippen LogP contribution in [-0.2, 0) is 6.54 Å². The molecule has 1 aromatic heterocycles. The molecule has 0 spiro atoms. The lowest BCUT2D eigenvalue weighted by Crippen LogP contribution is -2.17. The van der Waals surface area contributed by atoms with Gasteiger partial charge in [0, 0.05) is 29.9 Å². The molecular weight excluding hydrogens is 234 g/mol. The Hall–Kier alpha value is -1.87. The molecule has 0 radical (unpaired) electrons. The molecule has 1 atom stereocenters. The van der Waals surface area contributed by atoms with E-state index in [0.717, 1.165) is 23.4 Å². The lowest BCUT2D eigenvalue weighted by Gasteiger charge is -2.16. The normalized spacial score (nSPS) is 12.2. The van der Waals surface area contributed by atoms with Crippen molar-refractivity contribution in [3.05, 3.63) is 48.2 Å². The molecule has 3 heteroatoms. The smallest absolute Gasteiger partial charge is 0.130 e. The molecule has 0 aliphatic carbocycles. The van der Waals surface area contributed by atoms with Crippen molar-refractivity contribution in [2.75, 3.05) is 5.32 Å². The molecule has 0 saturated carbocycles. The quantitative estimate of drug-likeness (QED) is 0.860. The summed E-state index contributed by atoms with van der Waals surface area (Å²) >= 11 is 0. The monoisotopic (exact) mass is 255 g/mol. The standard InChI is InChI=1S/C16H21N3/c1-3-12(2)19-16-14(10-17)9-15(11-18-16)13-7-5-4-6-8-13/h4-9,11-12H,3,10,17H2,1-2H3,(H,18,19). The summed E-state index contributed by atoms with van der Waals surface area (Å²) in [5.41, 5.74) is 9.17. The van der Waals surface area contributed by atoms with E-state index in [1.54, 1.807) is 0 Å². The van der Waals surface area contributed by atoms with Gasteiger partial charge in [0.05, 0.1) is 0 Å². The second-order valence-electron chi connectivity index (χ2n) is 4.76. The van der Waals surface area contributed by atoms with Gasteiger partial charge in [0.1, 0.15) is 5.82 Å². The second-order valence-corrected chi connectivity index (χ2v) is 4.76. The summed E-state index contributed by atoms with van der Waals surface area (Å²) in [5, 5.41) is 3.40. The zero-order valence-electron chi connectivity index (χ0n) is 11.6. The summed E-state index contributed by atoms with van der Waals surface area (Å²) < 4.78 is 0. The third-order valence-corrected chi connectivity index (χ3v) is 3.29. The fourth-order valence-corrected chi connectivity index (χ4v) is 1.92. The van der Waals surface area contributed by atoms with Crippen LogP contribution in [0.3, 0.4) is 0 Å². The molecule has 0 amide bonds. The molecule has 2 rings (SSSR count). The second kappa shape index (κ2) is 6.34. The van der Waals surface area contributed by atoms with Crippen molar-refractivity contribution in [2.24, 2.45) is 5.73 Å². The van der Waals surface area contributed by atoms with E-state index in [0.29, 0.717) is 12.6 Å². The average molecular weight is 255 g/mol. The Kier molecular flexibility index (Phi) is 4.53. The van der Waals surface area contributed by atoms with Crippen LogP contribution < -0.4 is 11.1 Å². The van der Waals surface area contributed by atoms with E-state index in [9.17, 15) is 0 Å². The Morgan fingerprint density at radius 2 is 1.95 bits per heavy atom. The molecule has 1 unspecified atom stereocenters. The number of nitrogens with two attached hydrogens (primary N) is 1. The number of nitrogens with one attached hydrogen (secondary N) is 1. The average Bonchev–Trinajstić information content (AvgIpc) is 2.48. The van der Waals surface area contributed by atoms with Gasteiger partial charge in [-0.3, -0.25) is 0 Å². The van der Waals surface area contributed by atoms with Crippen molar-refractivity contribution in [3.8, 4) is 11.1 Å². The van der Waals surface area contributed by atoms with Gasteiger partial charge in [0.25, 0.3) is 0 Å². The lowest BCUT2D eigenvalue weighted by atomic mass is 10.1. The number of pyridine rings is 1. The third kappa shape index (κ3) is 3.32. The first-order chi connectivity index (χ1) is 9.24. The zero-order valence-corrected chi connectivity index (χ0v) is 11.6. The van der Waals surface area contributed by atoms with Gasteiger partial charge in [-0.15, -0.1) is 0 Å². The minimum Gasteiger partial charge on any atom is -0.367 e. The van der Waals surface area contributed by atoms with Crippen LogP contribution in [0.4, 0.5) is 5.82 Å². The SMILES string of the molecule is CCC(C)Nc1ncc(-c2ccccc2)cc1CN. The molecule has 3 N–H and O–H groups in total. The highest BCUT2D eigenvalue weighted by Crippen LogP contribution is 2.23. The lowest BCUT2D eigenvalue weighted by molar-refractivity contribution is 0.756. The largest absolute Gasteiger partial charge is 0.367 e. The first kappa shape index (κ1) is 13.6. The van der Waals surface area contributed by atoms with Gasteiger partial charge in [-0.05, 0) is 25.0 Å². The number of rotatable bonds is 5. The molecule has 0 fully saturated rings. The van der Waals surface area contributed by atoms with Crippen LogP contribution in [0.5, 0.6) is 0 Å². The van der Waals surface area contributed by atoms with Crippen molar-refractivity contribution >= 4 is 5.82 Å². The van der Waals surface area contributed by atoms with Gasteiger partial charge in [0.15, 0.2) is 0 Å². The van der Waals surface area contributed by atoms with Crippen molar-refractivity contribution in [2.45, 2.75) is 32.9 Å². The maximum atomic E-state index is 5.83. The van der Waals surface area contributed by atoms with Gasteiger partial charge >= 0.3 is 0 Å². The van der Waals surface area contributed by atoms with Crippen LogP contribution in [-0.4, -0.2) is 11.0 Å². The number of hydrogen-bond donors (Lipinski definition) is 2. The highest BCUT2D eigenvalue weighted by Gasteiger charge is 2.07. The van der Waals surface area contributed by atoms with Crippen LogP contribution in [0.15, 0.2) is 42.6 Å². The van der Waals surface area contributed by atoms with Gasteiger partial charge in [0.2, 0.25) is 0 Å². The molecule has 0 aliphatic rings. The molecule has 0 aliphatic heterocycles. The van der Waals surface area contributed by atoms with Crippen molar-refractivity contribution in [1.29, 1.82) is 0 Å². The van der Waals surface area contributed by atoms with Crippen molar-refractivity contribution in [1.82, 2.24) is 4.98 Å². The summed E-state index contributed by atoms with van der Waals surface area (Å²) in [6.07, 6.45) is 2.96. The third-order valence-electron chi connectivity index (χ3n) is 3.29. The van der Waals surface area contributed by atoms with Crippen LogP contribution in [0.25, 0.3) is 11.1 Å². The maximum Gasteiger partial charge on any atom is 0.130 e.